The van der Waals surface area contributed by atoms with Crippen molar-refractivity contribution in [3.05, 3.63) is 68.6 Å². The molecular formula is C18H15N5O5. The first-order valence-electron chi connectivity index (χ1n) is 8.41. The zero-order valence-corrected chi connectivity index (χ0v) is 14.8. The maximum absolute atomic E-state index is 12.7. The van der Waals surface area contributed by atoms with Gasteiger partial charge in [0.25, 0.3) is 5.56 Å². The Morgan fingerprint density at radius 3 is 2.46 bits per heavy atom. The number of aromatic nitrogens is 2. The average Bonchev–Trinajstić information content (AvgIpc) is 3.00. The van der Waals surface area contributed by atoms with E-state index in [2.05, 4.69) is 15.3 Å². The van der Waals surface area contributed by atoms with Crippen molar-refractivity contribution in [1.82, 2.24) is 9.78 Å². The van der Waals surface area contributed by atoms with E-state index in [9.17, 15) is 14.9 Å². The van der Waals surface area contributed by atoms with Crippen molar-refractivity contribution in [3.63, 3.8) is 0 Å². The van der Waals surface area contributed by atoms with E-state index in [1.54, 1.807) is 31.2 Å². The Labute approximate surface area is 158 Å². The Balaban J connectivity index is 1.75. The van der Waals surface area contributed by atoms with E-state index in [1.807, 2.05) is 6.07 Å². The highest BCUT2D eigenvalue weighted by Crippen LogP contribution is 2.41. The van der Waals surface area contributed by atoms with E-state index in [0.29, 0.717) is 30.3 Å². The smallest absolute Gasteiger partial charge is 0.300 e. The molecule has 0 atom stereocenters. The van der Waals surface area contributed by atoms with Gasteiger partial charge in [-0.15, -0.1) is 10.2 Å². The molecule has 2 aromatic carbocycles. The van der Waals surface area contributed by atoms with Crippen LogP contribution in [0.25, 0.3) is 5.69 Å². The number of nitrogens with one attached hydrogen (secondary N) is 1. The molecule has 1 aliphatic rings. The van der Waals surface area contributed by atoms with E-state index >= 15 is 0 Å². The quantitative estimate of drug-likeness (QED) is 0.420. The summed E-state index contributed by atoms with van der Waals surface area (Å²) in [4.78, 5) is 23.5. The summed E-state index contributed by atoms with van der Waals surface area (Å²) in [5, 5.41) is 22.2. The lowest BCUT2D eigenvalue weighted by Gasteiger charge is -2.18. The van der Waals surface area contributed by atoms with Crippen LogP contribution in [0.3, 0.4) is 0 Å². The maximum atomic E-state index is 12.7. The first-order chi connectivity index (χ1) is 13.5. The highest BCUT2D eigenvalue weighted by molar-refractivity contribution is 5.65. The molecule has 4 rings (SSSR count). The number of nitrogens with zero attached hydrogens (tertiary/aromatic N) is 4. The molecule has 10 heteroatoms. The summed E-state index contributed by atoms with van der Waals surface area (Å²) in [6.07, 6.45) is 0. The van der Waals surface area contributed by atoms with Crippen molar-refractivity contribution < 1.29 is 14.4 Å². The number of hydrogen-bond acceptors (Lipinski definition) is 7. The van der Waals surface area contributed by atoms with E-state index in [4.69, 9.17) is 9.47 Å². The topological polar surface area (TPSA) is 124 Å². The number of azo groups is 1. The minimum atomic E-state index is -0.584. The number of fused-ring (bicyclic) bond motifs is 1. The fourth-order valence-corrected chi connectivity index (χ4v) is 2.81. The lowest BCUT2D eigenvalue weighted by molar-refractivity contribution is -0.384. The lowest BCUT2D eigenvalue weighted by atomic mass is 10.2. The third-order valence-corrected chi connectivity index (χ3v) is 4.15. The summed E-state index contributed by atoms with van der Waals surface area (Å²) >= 11 is 0. The van der Waals surface area contributed by atoms with Crippen LogP contribution in [0.5, 0.6) is 11.5 Å². The van der Waals surface area contributed by atoms with Crippen molar-refractivity contribution in [2.75, 3.05) is 13.2 Å². The minimum Gasteiger partial charge on any atom is -0.486 e. The number of ether oxygens (including phenoxy) is 2. The molecule has 28 heavy (non-hydrogen) atoms. The van der Waals surface area contributed by atoms with Gasteiger partial charge in [-0.05, 0) is 19.1 Å². The van der Waals surface area contributed by atoms with E-state index in [0.717, 1.165) is 0 Å². The fraction of sp³-hybridized carbons (Fsp3) is 0.167. The molecule has 0 radical (unpaired) electrons. The van der Waals surface area contributed by atoms with Gasteiger partial charge in [0.1, 0.15) is 13.2 Å². The summed E-state index contributed by atoms with van der Waals surface area (Å²) < 4.78 is 12.1. The van der Waals surface area contributed by atoms with Gasteiger partial charge < -0.3 is 9.47 Å². The molecule has 0 fully saturated rings. The van der Waals surface area contributed by atoms with Crippen LogP contribution in [0.15, 0.2) is 57.5 Å². The molecule has 0 unspecified atom stereocenters. The standard InChI is InChI=1S/C18H15N5O5/c1-11-17(18(24)22(21-11)12-5-3-2-4-6-12)20-19-13-9-15-16(28-8-7-27-15)10-14(13)23(25)26/h2-6,9-10,21H,7-8H2,1H3. The van der Waals surface area contributed by atoms with Gasteiger partial charge in [0.15, 0.2) is 22.9 Å². The van der Waals surface area contributed by atoms with Crippen LogP contribution in [-0.4, -0.2) is 27.9 Å². The van der Waals surface area contributed by atoms with Gasteiger partial charge in [0.05, 0.1) is 22.4 Å². The number of nitro groups is 1. The van der Waals surface area contributed by atoms with Crippen LogP contribution in [0.4, 0.5) is 17.1 Å². The molecule has 10 nitrogen and oxygen atoms in total. The monoisotopic (exact) mass is 381 g/mol. The average molecular weight is 381 g/mol. The largest absolute Gasteiger partial charge is 0.486 e. The highest BCUT2D eigenvalue weighted by Gasteiger charge is 2.23. The molecule has 0 amide bonds. The molecule has 1 N–H and O–H groups in total. The van der Waals surface area contributed by atoms with Gasteiger partial charge in [-0.25, -0.2) is 4.68 Å². The lowest BCUT2D eigenvalue weighted by Crippen LogP contribution is -2.15. The molecule has 142 valence electrons. The normalized spacial score (nSPS) is 13.0. The SMILES string of the molecule is Cc1[nH]n(-c2ccccc2)c(=O)c1N=Nc1cc2c(cc1[N+](=O)[O-])OCCO2. The number of para-hydroxylation sites is 1. The highest BCUT2D eigenvalue weighted by atomic mass is 16.6. The second-order valence-corrected chi connectivity index (χ2v) is 6.00. The van der Waals surface area contributed by atoms with Crippen molar-refractivity contribution in [2.24, 2.45) is 10.2 Å². The number of aromatic amines is 1. The molecule has 0 saturated carbocycles. The van der Waals surface area contributed by atoms with Crippen molar-refractivity contribution in [3.8, 4) is 17.2 Å². The second kappa shape index (κ2) is 6.99. The predicted octanol–water partition coefficient (Wildman–Crippen LogP) is 3.57. The molecular weight excluding hydrogens is 366 g/mol. The third-order valence-electron chi connectivity index (χ3n) is 4.15. The number of benzene rings is 2. The van der Waals surface area contributed by atoms with Gasteiger partial charge in [-0.1, -0.05) is 18.2 Å². The number of H-pyrrole nitrogens is 1. The van der Waals surface area contributed by atoms with Crippen LogP contribution in [-0.2, 0) is 0 Å². The maximum Gasteiger partial charge on any atom is 0.300 e. The summed E-state index contributed by atoms with van der Waals surface area (Å²) in [5.74, 6) is 0.624. The molecule has 0 bridgehead atoms. The summed E-state index contributed by atoms with van der Waals surface area (Å²) in [5.41, 5.74) is 0.464. The molecule has 2 heterocycles. The Hall–Kier alpha value is -3.95. The van der Waals surface area contributed by atoms with Crippen molar-refractivity contribution in [2.45, 2.75) is 6.92 Å². The van der Waals surface area contributed by atoms with Crippen molar-refractivity contribution >= 4 is 17.1 Å². The summed E-state index contributed by atoms with van der Waals surface area (Å²) in [7, 11) is 0. The molecule has 3 aromatic rings. The molecule has 1 aliphatic heterocycles. The van der Waals surface area contributed by atoms with Gasteiger partial charge in [-0.3, -0.25) is 20.0 Å². The fourth-order valence-electron chi connectivity index (χ4n) is 2.81. The number of rotatable bonds is 4. The Bertz CT molecular complexity index is 1130. The van der Waals surface area contributed by atoms with Crippen molar-refractivity contribution in [1.29, 1.82) is 0 Å². The van der Waals surface area contributed by atoms with Crippen LogP contribution in [0, 0.1) is 17.0 Å². The number of aryl methyl sites for hydroxylation is 1. The Kier molecular flexibility index (Phi) is 4.36. The van der Waals surface area contributed by atoms with Crippen LogP contribution >= 0.6 is 0 Å². The van der Waals surface area contributed by atoms with Crippen LogP contribution in [0.1, 0.15) is 5.69 Å². The van der Waals surface area contributed by atoms with Crippen LogP contribution in [0.2, 0.25) is 0 Å². The second-order valence-electron chi connectivity index (χ2n) is 6.00. The van der Waals surface area contributed by atoms with Gasteiger partial charge in [-0.2, -0.15) is 0 Å². The van der Waals surface area contributed by atoms with E-state index in [-0.39, 0.29) is 22.8 Å². The predicted molar refractivity (Wildman–Crippen MR) is 99.4 cm³/mol. The Morgan fingerprint density at radius 1 is 1.11 bits per heavy atom. The summed E-state index contributed by atoms with van der Waals surface area (Å²) in [6, 6.07) is 11.6. The van der Waals surface area contributed by atoms with Gasteiger partial charge in [0, 0.05) is 6.07 Å². The van der Waals surface area contributed by atoms with Crippen LogP contribution < -0.4 is 15.0 Å². The molecule has 0 aliphatic carbocycles. The Morgan fingerprint density at radius 2 is 1.79 bits per heavy atom. The first-order valence-corrected chi connectivity index (χ1v) is 8.41. The first kappa shape index (κ1) is 17.5. The number of hydrogen-bond donors (Lipinski definition) is 1. The number of nitro benzene ring substituents is 1. The van der Waals surface area contributed by atoms with E-state index < -0.39 is 10.5 Å². The zero-order valence-electron chi connectivity index (χ0n) is 14.8. The minimum absolute atomic E-state index is 0.0273. The molecule has 1 aromatic heterocycles. The summed E-state index contributed by atoms with van der Waals surface area (Å²) in [6.45, 7) is 2.32. The molecule has 0 saturated heterocycles. The van der Waals surface area contributed by atoms with E-state index in [1.165, 1.54) is 16.8 Å². The van der Waals surface area contributed by atoms with Gasteiger partial charge >= 0.3 is 5.69 Å². The third kappa shape index (κ3) is 3.11. The molecule has 0 spiro atoms. The van der Waals surface area contributed by atoms with Gasteiger partial charge in [0.2, 0.25) is 0 Å². The zero-order chi connectivity index (χ0) is 19.7.